The van der Waals surface area contributed by atoms with Crippen LogP contribution in [0.15, 0.2) is 72.8 Å². The zero-order valence-corrected chi connectivity index (χ0v) is 12.7. The van der Waals surface area contributed by atoms with Gasteiger partial charge in [0.05, 0.1) is 0 Å². The van der Waals surface area contributed by atoms with Gasteiger partial charge in [0, 0.05) is 5.92 Å². The van der Waals surface area contributed by atoms with Gasteiger partial charge in [-0.25, -0.2) is 0 Å². The maximum absolute atomic E-state index is 10.9. The second kappa shape index (κ2) is 5.60. The van der Waals surface area contributed by atoms with Crippen LogP contribution in [-0.2, 0) is 5.60 Å². The van der Waals surface area contributed by atoms with Crippen molar-refractivity contribution in [1.82, 2.24) is 0 Å². The predicted octanol–water partition coefficient (Wildman–Crippen LogP) is 3.56. The minimum atomic E-state index is -1.09. The molecule has 1 aliphatic carbocycles. The highest BCUT2D eigenvalue weighted by Crippen LogP contribution is 2.35. The summed E-state index contributed by atoms with van der Waals surface area (Å²) >= 11 is 0. The van der Waals surface area contributed by atoms with E-state index >= 15 is 0 Å². The van der Waals surface area contributed by atoms with E-state index in [0.29, 0.717) is 13.2 Å². The summed E-state index contributed by atoms with van der Waals surface area (Å²) in [5, 5.41) is 10.9. The van der Waals surface area contributed by atoms with Gasteiger partial charge in [0.1, 0.15) is 30.3 Å². The number of aliphatic hydroxyl groups is 1. The predicted molar refractivity (Wildman–Crippen MR) is 88.8 cm³/mol. The average Bonchev–Trinajstić information content (AvgIpc) is 2.59. The van der Waals surface area contributed by atoms with Crippen LogP contribution in [0.25, 0.3) is 0 Å². The smallest absolute Gasteiger partial charge is 0.126 e. The van der Waals surface area contributed by atoms with Crippen LogP contribution >= 0.6 is 0 Å². The number of ether oxygens (including phenoxy) is 2. The third kappa shape index (κ3) is 2.76. The number of hydrogen-bond acceptors (Lipinski definition) is 3. The summed E-state index contributed by atoms with van der Waals surface area (Å²) in [5.74, 6) is 1.70. The number of benzene rings is 2. The summed E-state index contributed by atoms with van der Waals surface area (Å²) < 4.78 is 11.5. The molecule has 0 radical (unpaired) electrons. The molecule has 2 aromatic carbocycles. The molecule has 0 fully saturated rings. The van der Waals surface area contributed by atoms with Crippen molar-refractivity contribution in [3.8, 4) is 11.5 Å². The van der Waals surface area contributed by atoms with E-state index in [4.69, 9.17) is 9.47 Å². The van der Waals surface area contributed by atoms with Gasteiger partial charge in [-0.3, -0.25) is 0 Å². The molecular formula is C20H18O3. The van der Waals surface area contributed by atoms with Crippen molar-refractivity contribution in [2.75, 3.05) is 13.2 Å². The first-order valence-corrected chi connectivity index (χ1v) is 7.80. The third-order valence-corrected chi connectivity index (χ3v) is 4.28. The van der Waals surface area contributed by atoms with Crippen LogP contribution in [0.5, 0.6) is 11.5 Å². The maximum Gasteiger partial charge on any atom is 0.126 e. The Bertz CT molecular complexity index is 762. The van der Waals surface area contributed by atoms with Crippen molar-refractivity contribution in [3.63, 3.8) is 0 Å². The minimum Gasteiger partial charge on any atom is -0.490 e. The molecule has 3 nitrogen and oxygen atoms in total. The van der Waals surface area contributed by atoms with Gasteiger partial charge in [0.2, 0.25) is 0 Å². The summed E-state index contributed by atoms with van der Waals surface area (Å²) in [5.41, 5.74) is 0.852. The first-order chi connectivity index (χ1) is 11.2. The highest BCUT2D eigenvalue weighted by molar-refractivity contribution is 5.44. The lowest BCUT2D eigenvalue weighted by Gasteiger charge is -2.27. The lowest BCUT2D eigenvalue weighted by Crippen LogP contribution is -2.23. The monoisotopic (exact) mass is 306 g/mol. The van der Waals surface area contributed by atoms with Crippen LogP contribution in [0.4, 0.5) is 0 Å². The molecule has 0 amide bonds. The van der Waals surface area contributed by atoms with Crippen LogP contribution in [0, 0.1) is 0 Å². The van der Waals surface area contributed by atoms with E-state index in [1.807, 2.05) is 66.8 Å². The van der Waals surface area contributed by atoms with Gasteiger partial charge >= 0.3 is 0 Å². The van der Waals surface area contributed by atoms with Crippen molar-refractivity contribution in [2.24, 2.45) is 0 Å². The van der Waals surface area contributed by atoms with E-state index in [9.17, 15) is 5.11 Å². The van der Waals surface area contributed by atoms with Crippen LogP contribution in [0.1, 0.15) is 17.0 Å². The SMILES string of the molecule is OC12C=CC(C=C1)c1cccc(c1)OCCOc1cccc2c1. The zero-order valence-electron chi connectivity index (χ0n) is 12.7. The summed E-state index contributed by atoms with van der Waals surface area (Å²) in [4.78, 5) is 0. The van der Waals surface area contributed by atoms with Crippen molar-refractivity contribution in [2.45, 2.75) is 11.5 Å². The fraction of sp³-hybridized carbons (Fsp3) is 0.200. The van der Waals surface area contributed by atoms with Crippen LogP contribution in [-0.4, -0.2) is 18.3 Å². The van der Waals surface area contributed by atoms with Crippen molar-refractivity contribution < 1.29 is 14.6 Å². The highest BCUT2D eigenvalue weighted by Gasteiger charge is 2.27. The van der Waals surface area contributed by atoms with Crippen LogP contribution in [0.2, 0.25) is 0 Å². The van der Waals surface area contributed by atoms with E-state index in [1.165, 1.54) is 0 Å². The molecule has 2 aliphatic heterocycles. The van der Waals surface area contributed by atoms with Gasteiger partial charge in [0.25, 0.3) is 0 Å². The second-order valence-electron chi connectivity index (χ2n) is 5.87. The lowest BCUT2D eigenvalue weighted by atomic mass is 9.84. The molecule has 0 saturated carbocycles. The van der Waals surface area contributed by atoms with Crippen LogP contribution < -0.4 is 9.47 Å². The molecule has 0 atom stereocenters. The highest BCUT2D eigenvalue weighted by atomic mass is 16.5. The topological polar surface area (TPSA) is 38.7 Å². The fourth-order valence-corrected chi connectivity index (χ4v) is 3.00. The first kappa shape index (κ1) is 14.1. The molecule has 1 N–H and O–H groups in total. The molecule has 2 heterocycles. The van der Waals surface area contributed by atoms with Crippen molar-refractivity contribution >= 4 is 0 Å². The quantitative estimate of drug-likeness (QED) is 0.756. The van der Waals surface area contributed by atoms with E-state index in [2.05, 4.69) is 6.07 Å². The Morgan fingerprint density at radius 3 is 2.26 bits per heavy atom. The van der Waals surface area contributed by atoms with Gasteiger partial charge in [-0.2, -0.15) is 0 Å². The summed E-state index contributed by atoms with van der Waals surface area (Å²) in [6, 6.07) is 15.6. The second-order valence-corrected chi connectivity index (χ2v) is 5.87. The molecule has 0 aromatic heterocycles. The van der Waals surface area contributed by atoms with E-state index in [-0.39, 0.29) is 5.92 Å². The van der Waals surface area contributed by atoms with Gasteiger partial charge in [-0.05, 0) is 47.5 Å². The summed E-state index contributed by atoms with van der Waals surface area (Å²) in [6.45, 7) is 0.940. The van der Waals surface area contributed by atoms with Crippen LogP contribution in [0.3, 0.4) is 0 Å². The normalized spacial score (nSPS) is 25.3. The Morgan fingerprint density at radius 1 is 0.870 bits per heavy atom. The Morgan fingerprint density at radius 2 is 1.52 bits per heavy atom. The Labute approximate surface area is 135 Å². The summed E-state index contributed by atoms with van der Waals surface area (Å²) in [6.07, 6.45) is 7.74. The van der Waals surface area contributed by atoms with E-state index in [1.54, 1.807) is 0 Å². The molecular weight excluding hydrogens is 288 g/mol. The van der Waals surface area contributed by atoms with E-state index < -0.39 is 5.60 Å². The number of allylic oxidation sites excluding steroid dienone is 2. The van der Waals surface area contributed by atoms with Crippen molar-refractivity contribution in [1.29, 1.82) is 0 Å². The van der Waals surface area contributed by atoms with Crippen molar-refractivity contribution in [3.05, 3.63) is 84.0 Å². The molecule has 23 heavy (non-hydrogen) atoms. The molecule has 0 spiro atoms. The number of fused-ring (bicyclic) bond motifs is 3. The Hall–Kier alpha value is -2.52. The van der Waals surface area contributed by atoms with Gasteiger partial charge in [-0.1, -0.05) is 36.4 Å². The number of hydrogen-bond donors (Lipinski definition) is 1. The minimum absolute atomic E-state index is 0.140. The molecule has 6 bridgehead atoms. The molecule has 116 valence electrons. The molecule has 0 saturated heterocycles. The standard InChI is InChI=1S/C20H18O3/c21-20-9-7-15(8-10-20)16-3-1-5-18(13-16)22-11-12-23-19-6-2-4-17(20)14-19/h1-10,13-15,21H,11-12H2. The Kier molecular flexibility index (Phi) is 3.43. The zero-order chi connectivity index (χ0) is 15.7. The van der Waals surface area contributed by atoms with Gasteiger partial charge in [0.15, 0.2) is 0 Å². The van der Waals surface area contributed by atoms with E-state index in [0.717, 1.165) is 22.6 Å². The number of rotatable bonds is 0. The average molecular weight is 306 g/mol. The molecule has 5 rings (SSSR count). The van der Waals surface area contributed by atoms with Gasteiger partial charge < -0.3 is 14.6 Å². The molecule has 0 unspecified atom stereocenters. The fourth-order valence-electron chi connectivity index (χ4n) is 3.00. The lowest BCUT2D eigenvalue weighted by molar-refractivity contribution is 0.140. The first-order valence-electron chi connectivity index (χ1n) is 7.80. The third-order valence-electron chi connectivity index (χ3n) is 4.28. The van der Waals surface area contributed by atoms with Gasteiger partial charge in [-0.15, -0.1) is 0 Å². The molecule has 2 aromatic rings. The Balaban J connectivity index is 1.78. The largest absolute Gasteiger partial charge is 0.490 e. The molecule has 3 heteroatoms. The molecule has 3 aliphatic rings. The maximum atomic E-state index is 10.9. The summed E-state index contributed by atoms with van der Waals surface area (Å²) in [7, 11) is 0.